The van der Waals surface area contributed by atoms with E-state index >= 15 is 0 Å². The second-order valence-corrected chi connectivity index (χ2v) is 6.11. The van der Waals surface area contributed by atoms with Gasteiger partial charge in [0.25, 0.3) is 0 Å². The Kier molecular flexibility index (Phi) is 6.82. The first-order chi connectivity index (χ1) is 8.60. The van der Waals surface area contributed by atoms with Crippen LogP contribution in [0.5, 0.6) is 0 Å². The molecule has 1 heterocycles. The molecule has 0 bridgehead atoms. The van der Waals surface area contributed by atoms with Crippen LogP contribution in [-0.2, 0) is 4.74 Å². The summed E-state index contributed by atoms with van der Waals surface area (Å²) in [4.78, 5) is 5.94. The van der Waals surface area contributed by atoms with Crippen LogP contribution < -0.4 is 5.32 Å². The van der Waals surface area contributed by atoms with Crippen molar-refractivity contribution in [1.29, 1.82) is 0 Å². The third-order valence-corrected chi connectivity index (χ3v) is 4.34. The van der Waals surface area contributed by atoms with Gasteiger partial charge in [-0.05, 0) is 39.2 Å². The Morgan fingerprint density at radius 2 is 2.11 bits per heavy atom. The van der Waals surface area contributed by atoms with Gasteiger partial charge in [0, 0.05) is 24.6 Å². The van der Waals surface area contributed by atoms with E-state index in [0.717, 1.165) is 31.0 Å². The van der Waals surface area contributed by atoms with Gasteiger partial charge in [0.2, 0.25) is 0 Å². The van der Waals surface area contributed by atoms with Crippen LogP contribution in [0.15, 0.2) is 0 Å². The van der Waals surface area contributed by atoms with Gasteiger partial charge in [-0.3, -0.25) is 0 Å². The summed E-state index contributed by atoms with van der Waals surface area (Å²) in [5.74, 6) is 0.565. The topological polar surface area (TPSA) is 34.2 Å². The molecule has 0 fully saturated rings. The van der Waals surface area contributed by atoms with Crippen LogP contribution in [0, 0.1) is 19.8 Å². The Morgan fingerprint density at radius 3 is 2.61 bits per heavy atom. The number of nitrogens with zero attached hydrogens (tertiary/aromatic N) is 1. The molecule has 1 aromatic rings. The van der Waals surface area contributed by atoms with Crippen LogP contribution in [0.25, 0.3) is 0 Å². The second-order valence-electron chi connectivity index (χ2n) is 4.87. The zero-order chi connectivity index (χ0) is 13.5. The normalized spacial score (nSPS) is 14.7. The molecule has 2 unspecified atom stereocenters. The molecule has 4 heteroatoms. The largest absolute Gasteiger partial charge is 0.385 e. The summed E-state index contributed by atoms with van der Waals surface area (Å²) < 4.78 is 5.20. The molecule has 0 saturated heterocycles. The molecule has 0 aliphatic heterocycles. The number of methoxy groups -OCH3 is 1. The molecule has 0 aromatic carbocycles. The van der Waals surface area contributed by atoms with Gasteiger partial charge >= 0.3 is 0 Å². The Morgan fingerprint density at radius 1 is 1.39 bits per heavy atom. The lowest BCUT2D eigenvalue weighted by molar-refractivity contribution is 0.170. The molecule has 3 nitrogen and oxygen atoms in total. The SMILES string of the molecule is CCCNC(c1sc(C)nc1C)C(C)CCOC. The van der Waals surface area contributed by atoms with Crippen LogP contribution in [0.3, 0.4) is 0 Å². The fourth-order valence-electron chi connectivity index (χ4n) is 2.16. The number of nitrogens with one attached hydrogen (secondary N) is 1. The first kappa shape index (κ1) is 15.6. The van der Waals surface area contributed by atoms with E-state index in [1.165, 1.54) is 10.6 Å². The monoisotopic (exact) mass is 270 g/mol. The number of hydrogen-bond donors (Lipinski definition) is 1. The van der Waals surface area contributed by atoms with Gasteiger partial charge in [0.05, 0.1) is 10.7 Å². The lowest BCUT2D eigenvalue weighted by atomic mass is 9.96. The summed E-state index contributed by atoms with van der Waals surface area (Å²) in [5, 5.41) is 4.82. The molecular formula is C14H26N2OS. The average molecular weight is 270 g/mol. The van der Waals surface area contributed by atoms with Crippen LogP contribution in [0.1, 0.15) is 48.3 Å². The lowest BCUT2D eigenvalue weighted by Crippen LogP contribution is -2.28. The minimum atomic E-state index is 0.409. The first-order valence-corrected chi connectivity index (χ1v) is 7.58. The quantitative estimate of drug-likeness (QED) is 0.785. The van der Waals surface area contributed by atoms with E-state index in [4.69, 9.17) is 4.74 Å². The molecule has 2 atom stereocenters. The zero-order valence-electron chi connectivity index (χ0n) is 12.2. The van der Waals surface area contributed by atoms with Gasteiger partial charge in [-0.1, -0.05) is 13.8 Å². The van der Waals surface area contributed by atoms with Crippen molar-refractivity contribution in [3.05, 3.63) is 15.6 Å². The fraction of sp³-hybridized carbons (Fsp3) is 0.786. The summed E-state index contributed by atoms with van der Waals surface area (Å²) >= 11 is 1.82. The van der Waals surface area contributed by atoms with E-state index in [9.17, 15) is 0 Å². The first-order valence-electron chi connectivity index (χ1n) is 6.76. The predicted octanol–water partition coefficient (Wildman–Crippen LogP) is 3.47. The number of rotatable bonds is 8. The van der Waals surface area contributed by atoms with E-state index in [-0.39, 0.29) is 0 Å². The minimum Gasteiger partial charge on any atom is -0.385 e. The van der Waals surface area contributed by atoms with E-state index < -0.39 is 0 Å². The van der Waals surface area contributed by atoms with Crippen molar-refractivity contribution in [3.63, 3.8) is 0 Å². The van der Waals surface area contributed by atoms with E-state index in [1.54, 1.807) is 7.11 Å². The molecule has 1 N–H and O–H groups in total. The van der Waals surface area contributed by atoms with Gasteiger partial charge in [0.15, 0.2) is 0 Å². The van der Waals surface area contributed by atoms with Crippen molar-refractivity contribution in [2.24, 2.45) is 5.92 Å². The lowest BCUT2D eigenvalue weighted by Gasteiger charge is -2.24. The zero-order valence-corrected chi connectivity index (χ0v) is 13.1. The number of hydrogen-bond acceptors (Lipinski definition) is 4. The van der Waals surface area contributed by atoms with E-state index in [2.05, 4.69) is 38.0 Å². The molecule has 0 saturated carbocycles. The molecule has 0 aliphatic carbocycles. The second kappa shape index (κ2) is 7.87. The van der Waals surface area contributed by atoms with Crippen LogP contribution in [-0.4, -0.2) is 25.2 Å². The van der Waals surface area contributed by atoms with Crippen molar-refractivity contribution < 1.29 is 4.74 Å². The Hall–Kier alpha value is -0.450. The predicted molar refractivity (Wildman–Crippen MR) is 78.3 cm³/mol. The summed E-state index contributed by atoms with van der Waals surface area (Å²) in [6, 6.07) is 0.409. The van der Waals surface area contributed by atoms with Gasteiger partial charge < -0.3 is 10.1 Å². The van der Waals surface area contributed by atoms with E-state index in [0.29, 0.717) is 12.0 Å². The molecule has 1 rings (SSSR count). The highest BCUT2D eigenvalue weighted by Gasteiger charge is 2.22. The maximum absolute atomic E-state index is 5.20. The Balaban J connectivity index is 2.79. The summed E-state index contributed by atoms with van der Waals surface area (Å²) in [5.41, 5.74) is 1.18. The Bertz CT molecular complexity index is 352. The van der Waals surface area contributed by atoms with Crippen molar-refractivity contribution in [2.45, 2.75) is 46.6 Å². The molecule has 104 valence electrons. The maximum Gasteiger partial charge on any atom is 0.0900 e. The van der Waals surface area contributed by atoms with Crippen molar-refractivity contribution >= 4 is 11.3 Å². The molecule has 0 spiro atoms. The number of ether oxygens (including phenoxy) is 1. The summed E-state index contributed by atoms with van der Waals surface area (Å²) in [6.07, 6.45) is 2.23. The van der Waals surface area contributed by atoms with Crippen LogP contribution in [0.4, 0.5) is 0 Å². The average Bonchev–Trinajstić information content (AvgIpc) is 2.66. The summed E-state index contributed by atoms with van der Waals surface area (Å²) in [6.45, 7) is 10.6. The highest BCUT2D eigenvalue weighted by atomic mass is 32.1. The molecule has 0 amide bonds. The third kappa shape index (κ3) is 4.34. The smallest absolute Gasteiger partial charge is 0.0900 e. The molecular weight excluding hydrogens is 244 g/mol. The highest BCUT2D eigenvalue weighted by Crippen LogP contribution is 2.31. The maximum atomic E-state index is 5.20. The Labute approximate surface area is 115 Å². The van der Waals surface area contributed by atoms with Crippen molar-refractivity contribution in [1.82, 2.24) is 10.3 Å². The fourth-order valence-corrected chi connectivity index (χ4v) is 3.29. The van der Waals surface area contributed by atoms with Crippen LogP contribution in [0.2, 0.25) is 0 Å². The van der Waals surface area contributed by atoms with Gasteiger partial charge in [0.1, 0.15) is 0 Å². The van der Waals surface area contributed by atoms with Crippen molar-refractivity contribution in [3.8, 4) is 0 Å². The molecule has 0 radical (unpaired) electrons. The molecule has 18 heavy (non-hydrogen) atoms. The van der Waals surface area contributed by atoms with Crippen LogP contribution >= 0.6 is 11.3 Å². The number of aryl methyl sites for hydroxylation is 2. The van der Waals surface area contributed by atoms with Crippen molar-refractivity contribution in [2.75, 3.05) is 20.3 Å². The highest BCUT2D eigenvalue weighted by molar-refractivity contribution is 7.11. The number of aromatic nitrogens is 1. The minimum absolute atomic E-state index is 0.409. The van der Waals surface area contributed by atoms with Gasteiger partial charge in [-0.2, -0.15) is 0 Å². The third-order valence-electron chi connectivity index (χ3n) is 3.18. The van der Waals surface area contributed by atoms with E-state index in [1.807, 2.05) is 11.3 Å². The molecule has 0 aliphatic rings. The standard InChI is InChI=1S/C14H26N2OS/c1-6-8-15-13(10(2)7-9-17-5)14-11(3)16-12(4)18-14/h10,13,15H,6-9H2,1-5H3. The van der Waals surface area contributed by atoms with Gasteiger partial charge in [-0.15, -0.1) is 11.3 Å². The summed E-state index contributed by atoms with van der Waals surface area (Å²) in [7, 11) is 1.77. The number of thiazole rings is 1. The molecule has 1 aromatic heterocycles. The van der Waals surface area contributed by atoms with Gasteiger partial charge in [-0.25, -0.2) is 4.98 Å².